The molecule has 2 N–H and O–H groups in total. The van der Waals surface area contributed by atoms with E-state index < -0.39 is 5.91 Å². The maximum Gasteiger partial charge on any atom is 0.279 e. The Labute approximate surface area is 173 Å². The molecule has 0 aromatic carbocycles. The van der Waals surface area contributed by atoms with Crippen LogP contribution < -0.4 is 10.6 Å². The highest BCUT2D eigenvalue weighted by molar-refractivity contribution is 7.17. The van der Waals surface area contributed by atoms with Crippen molar-refractivity contribution in [2.45, 2.75) is 13.5 Å². The zero-order valence-electron chi connectivity index (χ0n) is 15.2. The summed E-state index contributed by atoms with van der Waals surface area (Å²) < 4.78 is 5.23. The van der Waals surface area contributed by atoms with Gasteiger partial charge in [0, 0.05) is 41.2 Å². The van der Waals surface area contributed by atoms with Gasteiger partial charge in [-0.3, -0.25) is 19.9 Å². The summed E-state index contributed by atoms with van der Waals surface area (Å²) in [6.07, 6.45) is 3.29. The number of aromatic nitrogens is 3. The van der Waals surface area contributed by atoms with E-state index in [1.165, 1.54) is 18.3 Å². The van der Waals surface area contributed by atoms with Crippen LogP contribution in [0, 0.1) is 0 Å². The number of thiazole rings is 1. The van der Waals surface area contributed by atoms with Gasteiger partial charge in [-0.15, -0.1) is 22.7 Å². The van der Waals surface area contributed by atoms with Crippen molar-refractivity contribution in [1.29, 1.82) is 0 Å². The van der Waals surface area contributed by atoms with Crippen molar-refractivity contribution in [1.82, 2.24) is 20.4 Å². The Kier molecular flexibility index (Phi) is 5.45. The first-order valence-electron chi connectivity index (χ1n) is 8.56. The highest BCUT2D eigenvalue weighted by Crippen LogP contribution is 2.31. The molecule has 146 valence electrons. The number of hydrogen-bond donors (Lipinski definition) is 2. The van der Waals surface area contributed by atoms with Gasteiger partial charge >= 0.3 is 0 Å². The van der Waals surface area contributed by atoms with Gasteiger partial charge in [0.05, 0.1) is 17.1 Å². The van der Waals surface area contributed by atoms with Gasteiger partial charge in [0.15, 0.2) is 16.6 Å². The fourth-order valence-electron chi connectivity index (χ4n) is 2.45. The van der Waals surface area contributed by atoms with Gasteiger partial charge in [-0.05, 0) is 24.3 Å². The Morgan fingerprint density at radius 2 is 2.14 bits per heavy atom. The zero-order valence-corrected chi connectivity index (χ0v) is 16.8. The number of pyridine rings is 1. The number of carbonyl (C=O) groups is 2. The van der Waals surface area contributed by atoms with Crippen LogP contribution in [-0.4, -0.2) is 26.9 Å². The van der Waals surface area contributed by atoms with Crippen molar-refractivity contribution in [3.63, 3.8) is 0 Å². The molecule has 0 spiro atoms. The molecule has 0 fully saturated rings. The molecule has 0 atom stereocenters. The van der Waals surface area contributed by atoms with Crippen molar-refractivity contribution in [2.24, 2.45) is 0 Å². The van der Waals surface area contributed by atoms with Crippen molar-refractivity contribution in [3.05, 3.63) is 58.7 Å². The van der Waals surface area contributed by atoms with Crippen LogP contribution in [0.25, 0.3) is 21.9 Å². The largest absolute Gasteiger partial charge is 0.355 e. The Bertz CT molecular complexity index is 1150. The summed E-state index contributed by atoms with van der Waals surface area (Å²) in [5.74, 6) is -0.00571. The number of carbonyl (C=O) groups excluding carboxylic acids is 2. The predicted molar refractivity (Wildman–Crippen MR) is 111 cm³/mol. The van der Waals surface area contributed by atoms with E-state index in [9.17, 15) is 9.59 Å². The summed E-state index contributed by atoms with van der Waals surface area (Å²) in [6, 6.07) is 9.06. The average molecular weight is 425 g/mol. The molecule has 0 bridgehead atoms. The van der Waals surface area contributed by atoms with Crippen molar-refractivity contribution in [2.75, 3.05) is 5.32 Å². The molecule has 4 heterocycles. The van der Waals surface area contributed by atoms with Crippen LogP contribution in [0.4, 0.5) is 5.13 Å². The molecular weight excluding hydrogens is 410 g/mol. The molecule has 4 aromatic rings. The third kappa shape index (κ3) is 4.55. The van der Waals surface area contributed by atoms with E-state index in [2.05, 4.69) is 25.8 Å². The number of rotatable bonds is 6. The lowest BCUT2D eigenvalue weighted by molar-refractivity contribution is -0.119. The zero-order chi connectivity index (χ0) is 20.2. The van der Waals surface area contributed by atoms with Gasteiger partial charge in [0.25, 0.3) is 5.91 Å². The van der Waals surface area contributed by atoms with E-state index in [4.69, 9.17) is 4.52 Å². The number of hydrogen-bond acceptors (Lipinski definition) is 8. The summed E-state index contributed by atoms with van der Waals surface area (Å²) in [4.78, 5) is 33.9. The number of amides is 2. The quantitative estimate of drug-likeness (QED) is 0.486. The second-order valence-corrected chi connectivity index (χ2v) is 8.01. The van der Waals surface area contributed by atoms with Crippen LogP contribution in [0.1, 0.15) is 22.3 Å². The molecule has 0 aliphatic heterocycles. The molecule has 2 amide bonds. The summed E-state index contributed by atoms with van der Waals surface area (Å²) in [6.45, 7) is 1.97. The van der Waals surface area contributed by atoms with Crippen LogP contribution in [0.3, 0.4) is 0 Å². The van der Waals surface area contributed by atoms with Crippen LogP contribution in [0.5, 0.6) is 0 Å². The third-order valence-corrected chi connectivity index (χ3v) is 5.70. The molecule has 0 saturated carbocycles. The lowest BCUT2D eigenvalue weighted by atomic mass is 10.2. The second kappa shape index (κ2) is 8.33. The summed E-state index contributed by atoms with van der Waals surface area (Å²) in [5, 5.41) is 11.7. The molecule has 10 heteroatoms. The molecule has 29 heavy (non-hydrogen) atoms. The summed E-state index contributed by atoms with van der Waals surface area (Å²) >= 11 is 2.86. The topological polar surface area (TPSA) is 110 Å². The molecule has 0 radical (unpaired) electrons. The molecular formula is C19H15N5O3S2. The summed E-state index contributed by atoms with van der Waals surface area (Å²) in [7, 11) is 0. The van der Waals surface area contributed by atoms with E-state index in [0.29, 0.717) is 17.4 Å². The van der Waals surface area contributed by atoms with Crippen LogP contribution >= 0.6 is 22.7 Å². The molecule has 4 aromatic heterocycles. The van der Waals surface area contributed by atoms with Crippen molar-refractivity contribution < 1.29 is 14.1 Å². The number of nitrogens with zero attached hydrogens (tertiary/aromatic N) is 3. The van der Waals surface area contributed by atoms with Gasteiger partial charge in [0.1, 0.15) is 0 Å². The standard InChI is InChI=1S/C19H15N5O3S2/c1-11(25)21-9-13-4-5-17(29-13)15-10-28-19(22-15)23-18(26)14-7-16(27-24-14)12-3-2-6-20-8-12/h2-8,10H,9H2,1H3,(H,21,25)(H,22,23,26). The fourth-order valence-corrected chi connectivity index (χ4v) is 4.14. The van der Waals surface area contributed by atoms with Gasteiger partial charge in [-0.25, -0.2) is 4.98 Å². The van der Waals surface area contributed by atoms with Crippen molar-refractivity contribution >= 4 is 39.6 Å². The monoisotopic (exact) mass is 425 g/mol. The van der Waals surface area contributed by atoms with Crippen LogP contribution in [0.15, 0.2) is 52.6 Å². The average Bonchev–Trinajstić information content (AvgIpc) is 3.47. The van der Waals surface area contributed by atoms with Gasteiger partial charge < -0.3 is 9.84 Å². The highest BCUT2D eigenvalue weighted by Gasteiger charge is 2.16. The molecule has 4 rings (SSSR count). The minimum Gasteiger partial charge on any atom is -0.355 e. The SMILES string of the molecule is CC(=O)NCc1ccc(-c2csc(NC(=O)c3cc(-c4cccnc4)on3)n2)s1. The number of anilines is 1. The van der Waals surface area contributed by atoms with Crippen LogP contribution in [-0.2, 0) is 11.3 Å². The van der Waals surface area contributed by atoms with E-state index in [0.717, 1.165) is 21.0 Å². The van der Waals surface area contributed by atoms with E-state index in [1.54, 1.807) is 35.9 Å². The predicted octanol–water partition coefficient (Wildman–Crippen LogP) is 3.81. The lowest BCUT2D eigenvalue weighted by Crippen LogP contribution is -2.17. The molecule has 0 unspecified atom stereocenters. The minimum absolute atomic E-state index is 0.0712. The van der Waals surface area contributed by atoms with Gasteiger partial charge in [-0.1, -0.05) is 5.16 Å². The molecule has 0 saturated heterocycles. The fraction of sp³-hybridized carbons (Fsp3) is 0.105. The molecule has 0 aliphatic carbocycles. The maximum absolute atomic E-state index is 12.4. The Morgan fingerprint density at radius 3 is 2.93 bits per heavy atom. The maximum atomic E-state index is 12.4. The first-order valence-corrected chi connectivity index (χ1v) is 10.3. The Balaban J connectivity index is 1.42. The Hall–Kier alpha value is -3.37. The Morgan fingerprint density at radius 1 is 1.24 bits per heavy atom. The number of nitrogens with one attached hydrogen (secondary N) is 2. The van der Waals surface area contributed by atoms with E-state index >= 15 is 0 Å². The number of thiophene rings is 1. The first-order chi connectivity index (χ1) is 14.1. The van der Waals surface area contributed by atoms with E-state index in [1.807, 2.05) is 23.6 Å². The smallest absolute Gasteiger partial charge is 0.279 e. The van der Waals surface area contributed by atoms with E-state index in [-0.39, 0.29) is 11.6 Å². The van der Waals surface area contributed by atoms with Gasteiger partial charge in [0.2, 0.25) is 5.91 Å². The molecule has 0 aliphatic rings. The summed E-state index contributed by atoms with van der Waals surface area (Å²) in [5.41, 5.74) is 1.67. The van der Waals surface area contributed by atoms with Crippen LogP contribution in [0.2, 0.25) is 0 Å². The molecule has 8 nitrogen and oxygen atoms in total. The normalized spacial score (nSPS) is 10.7. The van der Waals surface area contributed by atoms with Crippen molar-refractivity contribution in [3.8, 4) is 21.9 Å². The highest BCUT2D eigenvalue weighted by atomic mass is 32.1. The second-order valence-electron chi connectivity index (χ2n) is 5.99. The van der Waals surface area contributed by atoms with Gasteiger partial charge in [-0.2, -0.15) is 0 Å². The minimum atomic E-state index is -0.401. The third-order valence-electron chi connectivity index (χ3n) is 3.84. The first kappa shape index (κ1) is 19.0. The lowest BCUT2D eigenvalue weighted by Gasteiger charge is -1.97.